The Kier molecular flexibility index (Phi) is 4.20. The van der Waals surface area contributed by atoms with Gasteiger partial charge in [0.05, 0.1) is 5.69 Å². The van der Waals surface area contributed by atoms with Crippen molar-refractivity contribution in [3.63, 3.8) is 0 Å². The second-order valence-corrected chi connectivity index (χ2v) is 5.43. The summed E-state index contributed by atoms with van der Waals surface area (Å²) in [7, 11) is 0. The van der Waals surface area contributed by atoms with Crippen LogP contribution in [0.5, 0.6) is 0 Å². The van der Waals surface area contributed by atoms with Gasteiger partial charge in [-0.15, -0.1) is 0 Å². The van der Waals surface area contributed by atoms with Crippen molar-refractivity contribution in [2.24, 2.45) is 0 Å². The van der Waals surface area contributed by atoms with E-state index in [0.29, 0.717) is 23.5 Å². The molecule has 0 spiro atoms. The maximum Gasteiger partial charge on any atom is 0.285 e. The van der Waals surface area contributed by atoms with E-state index in [1.807, 2.05) is 36.4 Å². The van der Waals surface area contributed by atoms with Gasteiger partial charge >= 0.3 is 0 Å². The minimum absolute atomic E-state index is 0.0381. The van der Waals surface area contributed by atoms with Gasteiger partial charge in [-0.05, 0) is 25.0 Å². The maximum absolute atomic E-state index is 12.3. The first-order valence-electron chi connectivity index (χ1n) is 7.42. The number of benzene rings is 1. The lowest BCUT2D eigenvalue weighted by Gasteiger charge is -2.06. The third-order valence-corrected chi connectivity index (χ3v) is 3.75. The predicted octanol–water partition coefficient (Wildman–Crippen LogP) is 1.75. The van der Waals surface area contributed by atoms with Crippen LogP contribution in [0.2, 0.25) is 0 Å². The Labute approximate surface area is 138 Å². The number of hydrogen-bond acceptors (Lipinski definition) is 6. The molecular weight excluding hydrogens is 306 g/mol. The van der Waals surface area contributed by atoms with E-state index in [2.05, 4.69) is 15.2 Å². The SMILES string of the molecule is Cc1nn(Cc2nc(Cc3ccccc3)no2)c(=O)c(C#N)c1C. The van der Waals surface area contributed by atoms with Gasteiger partial charge in [-0.25, -0.2) is 4.68 Å². The molecule has 0 bridgehead atoms. The average molecular weight is 321 g/mol. The summed E-state index contributed by atoms with van der Waals surface area (Å²) >= 11 is 0. The first kappa shape index (κ1) is 15.6. The van der Waals surface area contributed by atoms with E-state index in [9.17, 15) is 4.79 Å². The normalized spacial score (nSPS) is 10.5. The van der Waals surface area contributed by atoms with Crippen molar-refractivity contribution < 1.29 is 4.52 Å². The molecule has 0 N–H and O–H groups in total. The van der Waals surface area contributed by atoms with E-state index >= 15 is 0 Å². The van der Waals surface area contributed by atoms with E-state index < -0.39 is 5.56 Å². The highest BCUT2D eigenvalue weighted by Gasteiger charge is 2.14. The van der Waals surface area contributed by atoms with Gasteiger partial charge in [0, 0.05) is 6.42 Å². The minimum Gasteiger partial charge on any atom is -0.337 e. The first-order valence-corrected chi connectivity index (χ1v) is 7.42. The lowest BCUT2D eigenvalue weighted by atomic mass is 10.1. The van der Waals surface area contributed by atoms with Crippen molar-refractivity contribution in [2.75, 3.05) is 0 Å². The fraction of sp³-hybridized carbons (Fsp3) is 0.235. The molecule has 0 fully saturated rings. The fourth-order valence-corrected chi connectivity index (χ4v) is 2.34. The molecule has 7 nitrogen and oxygen atoms in total. The quantitative estimate of drug-likeness (QED) is 0.726. The number of aryl methyl sites for hydroxylation is 1. The first-order chi connectivity index (χ1) is 11.6. The molecule has 120 valence electrons. The molecular formula is C17H15N5O2. The number of rotatable bonds is 4. The number of nitriles is 1. The second-order valence-electron chi connectivity index (χ2n) is 5.43. The summed E-state index contributed by atoms with van der Waals surface area (Å²) in [6.45, 7) is 3.49. The van der Waals surface area contributed by atoms with Gasteiger partial charge in [0.2, 0.25) is 5.89 Å². The Balaban J connectivity index is 1.84. The summed E-state index contributed by atoms with van der Waals surface area (Å²) in [6, 6.07) is 11.7. The van der Waals surface area contributed by atoms with E-state index in [1.54, 1.807) is 13.8 Å². The third kappa shape index (κ3) is 3.08. The minimum atomic E-state index is -0.455. The van der Waals surface area contributed by atoms with Gasteiger partial charge in [0.15, 0.2) is 5.82 Å². The Morgan fingerprint density at radius 1 is 1.25 bits per heavy atom. The zero-order valence-electron chi connectivity index (χ0n) is 13.4. The Morgan fingerprint density at radius 2 is 2.00 bits per heavy atom. The largest absolute Gasteiger partial charge is 0.337 e. The van der Waals surface area contributed by atoms with Crippen LogP contribution in [0, 0.1) is 25.2 Å². The second kappa shape index (κ2) is 6.46. The van der Waals surface area contributed by atoms with E-state index in [4.69, 9.17) is 9.78 Å². The smallest absolute Gasteiger partial charge is 0.285 e. The van der Waals surface area contributed by atoms with Crippen molar-refractivity contribution in [2.45, 2.75) is 26.8 Å². The molecule has 0 radical (unpaired) electrons. The lowest BCUT2D eigenvalue weighted by Crippen LogP contribution is -2.28. The predicted molar refractivity (Wildman–Crippen MR) is 85.3 cm³/mol. The zero-order valence-corrected chi connectivity index (χ0v) is 13.4. The van der Waals surface area contributed by atoms with Gasteiger partial charge in [0.1, 0.15) is 18.2 Å². The van der Waals surface area contributed by atoms with Crippen LogP contribution in [-0.4, -0.2) is 19.9 Å². The molecule has 0 aliphatic rings. The van der Waals surface area contributed by atoms with E-state index in [1.165, 1.54) is 4.68 Å². The number of hydrogen-bond donors (Lipinski definition) is 0. The Hall–Kier alpha value is -3.27. The summed E-state index contributed by atoms with van der Waals surface area (Å²) in [4.78, 5) is 16.6. The van der Waals surface area contributed by atoms with Crippen LogP contribution >= 0.6 is 0 Å². The molecule has 1 aromatic carbocycles. The summed E-state index contributed by atoms with van der Waals surface area (Å²) in [5, 5.41) is 17.3. The monoisotopic (exact) mass is 321 g/mol. The molecule has 0 aliphatic carbocycles. The lowest BCUT2D eigenvalue weighted by molar-refractivity contribution is 0.358. The van der Waals surface area contributed by atoms with Gasteiger partial charge in [-0.2, -0.15) is 15.3 Å². The van der Waals surface area contributed by atoms with Crippen LogP contribution < -0.4 is 5.56 Å². The topological polar surface area (TPSA) is 97.6 Å². The molecule has 2 aromatic heterocycles. The third-order valence-electron chi connectivity index (χ3n) is 3.75. The summed E-state index contributed by atoms with van der Waals surface area (Å²) < 4.78 is 6.38. The van der Waals surface area contributed by atoms with E-state index in [0.717, 1.165) is 5.56 Å². The fourth-order valence-electron chi connectivity index (χ4n) is 2.34. The molecule has 0 aliphatic heterocycles. The zero-order chi connectivity index (χ0) is 17.1. The van der Waals surface area contributed by atoms with Crippen LogP contribution in [0.4, 0.5) is 0 Å². The van der Waals surface area contributed by atoms with Gasteiger partial charge in [0.25, 0.3) is 5.56 Å². The van der Waals surface area contributed by atoms with Crippen molar-refractivity contribution >= 4 is 0 Å². The molecule has 3 aromatic rings. The molecule has 0 saturated carbocycles. The van der Waals surface area contributed by atoms with Crippen molar-refractivity contribution in [3.8, 4) is 6.07 Å². The average Bonchev–Trinajstić information content (AvgIpc) is 3.01. The Morgan fingerprint density at radius 3 is 2.71 bits per heavy atom. The molecule has 24 heavy (non-hydrogen) atoms. The van der Waals surface area contributed by atoms with Crippen LogP contribution in [-0.2, 0) is 13.0 Å². The van der Waals surface area contributed by atoms with Gasteiger partial charge in [-0.3, -0.25) is 4.79 Å². The summed E-state index contributed by atoms with van der Waals surface area (Å²) in [6.07, 6.45) is 0.545. The summed E-state index contributed by atoms with van der Waals surface area (Å²) in [5.74, 6) is 0.816. The van der Waals surface area contributed by atoms with Gasteiger partial charge < -0.3 is 4.52 Å². The number of nitrogens with zero attached hydrogens (tertiary/aromatic N) is 5. The highest BCUT2D eigenvalue weighted by Crippen LogP contribution is 2.08. The Bertz CT molecular complexity index is 967. The van der Waals surface area contributed by atoms with Crippen molar-refractivity contribution in [1.82, 2.24) is 19.9 Å². The molecule has 0 saturated heterocycles. The van der Waals surface area contributed by atoms with E-state index in [-0.39, 0.29) is 18.0 Å². The van der Waals surface area contributed by atoms with Crippen LogP contribution in [0.1, 0.15) is 34.1 Å². The highest BCUT2D eigenvalue weighted by atomic mass is 16.5. The molecule has 0 unspecified atom stereocenters. The van der Waals surface area contributed by atoms with Crippen LogP contribution in [0.3, 0.4) is 0 Å². The van der Waals surface area contributed by atoms with Crippen LogP contribution in [0.15, 0.2) is 39.6 Å². The molecule has 7 heteroatoms. The van der Waals surface area contributed by atoms with Crippen molar-refractivity contribution in [3.05, 3.63) is 74.8 Å². The number of aromatic nitrogens is 4. The molecule has 0 amide bonds. The molecule has 0 atom stereocenters. The maximum atomic E-state index is 12.3. The standard InChI is InChI=1S/C17H15N5O2/c1-11-12(2)20-22(17(23)14(11)9-18)10-16-19-15(21-24-16)8-13-6-4-3-5-7-13/h3-7H,8,10H2,1-2H3. The van der Waals surface area contributed by atoms with Crippen LogP contribution in [0.25, 0.3) is 0 Å². The molecule has 3 rings (SSSR count). The van der Waals surface area contributed by atoms with Gasteiger partial charge in [-0.1, -0.05) is 35.5 Å². The summed E-state index contributed by atoms with van der Waals surface area (Å²) in [5.41, 5.74) is 1.91. The highest BCUT2D eigenvalue weighted by molar-refractivity contribution is 5.36. The molecule has 2 heterocycles. The van der Waals surface area contributed by atoms with Crippen molar-refractivity contribution in [1.29, 1.82) is 5.26 Å².